The normalized spacial score (nSPS) is 18.9. The molecular weight excluding hydrogens is 350 g/mol. The van der Waals surface area contributed by atoms with Crippen molar-refractivity contribution in [2.45, 2.75) is 57.4 Å². The zero-order valence-electron chi connectivity index (χ0n) is 16.4. The molecule has 148 valence electrons. The first-order valence-electron chi connectivity index (χ1n) is 10.6. The minimum atomic E-state index is 0.0372. The van der Waals surface area contributed by atoms with Gasteiger partial charge in [0.1, 0.15) is 0 Å². The minimum absolute atomic E-state index is 0.0372. The van der Waals surface area contributed by atoms with Gasteiger partial charge < -0.3 is 10.2 Å². The average Bonchev–Trinajstić information content (AvgIpc) is 2.75. The molecule has 28 heavy (non-hydrogen) atoms. The van der Waals surface area contributed by atoms with E-state index in [0.29, 0.717) is 12.3 Å². The smallest absolute Gasteiger partial charge is 0.225 e. The highest BCUT2D eigenvalue weighted by atomic mass is 16.2. The number of carbonyl (C=O) groups is 2. The maximum absolute atomic E-state index is 12.7. The van der Waals surface area contributed by atoms with Crippen molar-refractivity contribution < 1.29 is 9.59 Å². The van der Waals surface area contributed by atoms with E-state index in [1.807, 2.05) is 35.2 Å². The van der Waals surface area contributed by atoms with Crippen LogP contribution in [0.4, 0.5) is 0 Å². The van der Waals surface area contributed by atoms with Gasteiger partial charge in [-0.25, -0.2) is 0 Å². The summed E-state index contributed by atoms with van der Waals surface area (Å²) in [5, 5.41) is 4.22. The lowest BCUT2D eigenvalue weighted by molar-refractivity contribution is -0.137. The molecule has 0 unspecified atom stereocenters. The summed E-state index contributed by atoms with van der Waals surface area (Å²) in [5.41, 5.74) is 1.86. The predicted octanol–water partition coefficient (Wildman–Crippen LogP) is 3.46. The largest absolute Gasteiger partial charge is 0.353 e. The van der Waals surface area contributed by atoms with Crippen LogP contribution in [0.15, 0.2) is 36.5 Å². The van der Waals surface area contributed by atoms with Gasteiger partial charge in [0.15, 0.2) is 0 Å². The fraction of sp³-hybridized carbons (Fsp3) is 0.522. The number of aromatic nitrogens is 1. The van der Waals surface area contributed by atoms with Crippen molar-refractivity contribution in [2.24, 2.45) is 5.92 Å². The van der Waals surface area contributed by atoms with Gasteiger partial charge in [-0.2, -0.15) is 0 Å². The Hall–Kier alpha value is -2.43. The predicted molar refractivity (Wildman–Crippen MR) is 110 cm³/mol. The molecule has 1 aliphatic heterocycles. The van der Waals surface area contributed by atoms with Crippen molar-refractivity contribution in [1.82, 2.24) is 15.2 Å². The summed E-state index contributed by atoms with van der Waals surface area (Å²) in [6.07, 6.45) is 9.54. The Bertz CT molecular complexity index is 831. The van der Waals surface area contributed by atoms with Gasteiger partial charge in [-0.3, -0.25) is 14.6 Å². The average molecular weight is 380 g/mol. The van der Waals surface area contributed by atoms with Crippen LogP contribution in [0.1, 0.15) is 50.5 Å². The van der Waals surface area contributed by atoms with Crippen LogP contribution in [0.2, 0.25) is 0 Å². The number of hydrogen-bond donors (Lipinski definition) is 1. The zero-order valence-corrected chi connectivity index (χ0v) is 16.4. The molecule has 0 bridgehead atoms. The van der Waals surface area contributed by atoms with Crippen LogP contribution in [0.25, 0.3) is 10.9 Å². The Morgan fingerprint density at radius 1 is 1.00 bits per heavy atom. The van der Waals surface area contributed by atoms with E-state index in [1.165, 1.54) is 19.3 Å². The Morgan fingerprint density at radius 3 is 2.54 bits per heavy atom. The number of hydrogen-bond acceptors (Lipinski definition) is 3. The van der Waals surface area contributed by atoms with Crippen molar-refractivity contribution >= 4 is 22.7 Å². The highest BCUT2D eigenvalue weighted by Gasteiger charge is 2.29. The Morgan fingerprint density at radius 2 is 1.75 bits per heavy atom. The molecule has 1 N–H and O–H groups in total. The van der Waals surface area contributed by atoms with Crippen LogP contribution in [0, 0.1) is 5.92 Å². The summed E-state index contributed by atoms with van der Waals surface area (Å²) in [4.78, 5) is 31.7. The molecule has 5 heteroatoms. The first-order valence-corrected chi connectivity index (χ1v) is 10.6. The fourth-order valence-electron chi connectivity index (χ4n) is 4.61. The van der Waals surface area contributed by atoms with Gasteiger partial charge >= 0.3 is 0 Å². The number of nitrogens with one attached hydrogen (secondary N) is 1. The number of nitrogens with zero attached hydrogens (tertiary/aromatic N) is 2. The van der Waals surface area contributed by atoms with Gasteiger partial charge in [-0.1, -0.05) is 43.5 Å². The van der Waals surface area contributed by atoms with E-state index >= 15 is 0 Å². The highest BCUT2D eigenvalue weighted by molar-refractivity contribution is 5.87. The van der Waals surface area contributed by atoms with Crippen molar-refractivity contribution in [3.05, 3.63) is 42.1 Å². The van der Waals surface area contributed by atoms with Crippen LogP contribution in [-0.2, 0) is 16.0 Å². The molecule has 1 aliphatic carbocycles. The third-order valence-corrected chi connectivity index (χ3v) is 6.19. The van der Waals surface area contributed by atoms with Crippen molar-refractivity contribution in [2.75, 3.05) is 13.1 Å². The first-order chi connectivity index (χ1) is 13.7. The molecule has 1 saturated carbocycles. The van der Waals surface area contributed by atoms with Gasteiger partial charge in [-0.15, -0.1) is 0 Å². The van der Waals surface area contributed by atoms with Crippen LogP contribution >= 0.6 is 0 Å². The number of likely N-dealkylation sites (tertiary alicyclic amines) is 1. The first kappa shape index (κ1) is 18.9. The summed E-state index contributed by atoms with van der Waals surface area (Å²) in [6, 6.07) is 10.0. The van der Waals surface area contributed by atoms with E-state index in [-0.39, 0.29) is 17.9 Å². The Labute approximate surface area is 166 Å². The van der Waals surface area contributed by atoms with E-state index in [2.05, 4.69) is 10.3 Å². The monoisotopic (exact) mass is 379 g/mol. The second-order valence-corrected chi connectivity index (χ2v) is 8.17. The number of para-hydroxylation sites is 1. The molecule has 4 rings (SSSR count). The van der Waals surface area contributed by atoms with Crippen LogP contribution < -0.4 is 5.32 Å². The summed E-state index contributed by atoms with van der Waals surface area (Å²) in [5.74, 6) is 0.611. The van der Waals surface area contributed by atoms with E-state index < -0.39 is 0 Å². The molecule has 0 atom stereocenters. The number of fused-ring (bicyclic) bond motifs is 1. The molecule has 0 spiro atoms. The molecule has 2 fully saturated rings. The van der Waals surface area contributed by atoms with Gasteiger partial charge in [0.2, 0.25) is 11.8 Å². The van der Waals surface area contributed by atoms with Crippen LogP contribution in [0.3, 0.4) is 0 Å². The minimum Gasteiger partial charge on any atom is -0.353 e. The molecule has 2 amide bonds. The van der Waals surface area contributed by atoms with Crippen LogP contribution in [-0.4, -0.2) is 40.8 Å². The Kier molecular flexibility index (Phi) is 5.89. The second-order valence-electron chi connectivity index (χ2n) is 8.17. The lowest BCUT2D eigenvalue weighted by Gasteiger charge is -2.35. The fourth-order valence-corrected chi connectivity index (χ4v) is 4.61. The van der Waals surface area contributed by atoms with E-state index in [4.69, 9.17) is 0 Å². The summed E-state index contributed by atoms with van der Waals surface area (Å²) < 4.78 is 0. The van der Waals surface area contributed by atoms with E-state index in [9.17, 15) is 9.59 Å². The Balaban J connectivity index is 1.28. The van der Waals surface area contributed by atoms with Gasteiger partial charge in [0.05, 0.1) is 11.9 Å². The molecule has 1 aromatic carbocycles. The maximum atomic E-state index is 12.7. The molecule has 1 saturated heterocycles. The van der Waals surface area contributed by atoms with E-state index in [1.54, 1.807) is 6.20 Å². The van der Waals surface area contributed by atoms with Crippen molar-refractivity contribution in [1.29, 1.82) is 0 Å². The number of pyridine rings is 1. The summed E-state index contributed by atoms with van der Waals surface area (Å²) in [7, 11) is 0. The van der Waals surface area contributed by atoms with E-state index in [0.717, 1.165) is 55.2 Å². The number of piperidine rings is 1. The van der Waals surface area contributed by atoms with Gasteiger partial charge in [-0.05, 0) is 37.3 Å². The molecule has 2 heterocycles. The molecule has 2 aromatic rings. The molecular formula is C23H29N3O2. The van der Waals surface area contributed by atoms with Crippen molar-refractivity contribution in [3.63, 3.8) is 0 Å². The SMILES string of the molecule is O=C(Cc1cccc2cccnc12)NC1CCN(C(=O)C2CCCCC2)CC1. The molecule has 5 nitrogen and oxygen atoms in total. The lowest BCUT2D eigenvalue weighted by Crippen LogP contribution is -2.48. The number of benzene rings is 1. The van der Waals surface area contributed by atoms with Gasteiger partial charge in [0.25, 0.3) is 0 Å². The number of amides is 2. The maximum Gasteiger partial charge on any atom is 0.225 e. The zero-order chi connectivity index (χ0) is 19.3. The van der Waals surface area contributed by atoms with Gasteiger partial charge in [0, 0.05) is 36.6 Å². The third kappa shape index (κ3) is 4.34. The molecule has 0 radical (unpaired) electrons. The summed E-state index contributed by atoms with van der Waals surface area (Å²) >= 11 is 0. The second kappa shape index (κ2) is 8.72. The highest BCUT2D eigenvalue weighted by Crippen LogP contribution is 2.26. The quantitative estimate of drug-likeness (QED) is 0.885. The number of rotatable bonds is 4. The topological polar surface area (TPSA) is 62.3 Å². The lowest BCUT2D eigenvalue weighted by atomic mass is 9.87. The van der Waals surface area contributed by atoms with Crippen LogP contribution in [0.5, 0.6) is 0 Å². The summed E-state index contributed by atoms with van der Waals surface area (Å²) in [6.45, 7) is 1.52. The molecule has 2 aliphatic rings. The number of carbonyl (C=O) groups excluding carboxylic acids is 2. The third-order valence-electron chi connectivity index (χ3n) is 6.19. The molecule has 1 aromatic heterocycles. The standard InChI is InChI=1S/C23H29N3O2/c27-21(16-19-9-4-8-17-10-5-13-24-22(17)19)25-20-11-14-26(15-12-20)23(28)18-6-2-1-3-7-18/h4-5,8-10,13,18,20H,1-3,6-7,11-12,14-16H2,(H,25,27). The van der Waals surface area contributed by atoms with Crippen molar-refractivity contribution in [3.8, 4) is 0 Å².